The van der Waals surface area contributed by atoms with Crippen LogP contribution in [0.4, 0.5) is 0 Å². The molecular formula is C14H22. The molecule has 0 nitrogen and oxygen atoms in total. The van der Waals surface area contributed by atoms with E-state index in [9.17, 15) is 0 Å². The molecule has 1 aromatic rings. The molecular weight excluding hydrogens is 168 g/mol. The largest absolute Gasteiger partial charge is 0.100 e. The number of aryl methyl sites for hydroxylation is 1. The van der Waals surface area contributed by atoms with Gasteiger partial charge in [-0.1, -0.05) is 49.8 Å². The van der Waals surface area contributed by atoms with Gasteiger partial charge in [0.2, 0.25) is 0 Å². The quantitative estimate of drug-likeness (QED) is 0.608. The summed E-state index contributed by atoms with van der Waals surface area (Å²) in [6.45, 7) is 9.97. The van der Waals surface area contributed by atoms with Crippen LogP contribution >= 0.6 is 0 Å². The van der Waals surface area contributed by atoms with Crippen LogP contribution in [0.15, 0.2) is 42.5 Å². The average Bonchev–Trinajstić information content (AvgIpc) is 2.22. The number of hydrogen-bond donors (Lipinski definition) is 0. The molecule has 0 N–H and O–H groups in total. The Bertz CT molecular complexity index is 233. The Balaban J connectivity index is 0.000000791. The smallest absolute Gasteiger partial charge is 0.0276 e. The SMILES string of the molecule is C=C(C)CCCc1ccccc1.CC. The van der Waals surface area contributed by atoms with Crippen LogP contribution in [0.25, 0.3) is 0 Å². The molecule has 0 bridgehead atoms. The maximum Gasteiger partial charge on any atom is -0.0276 e. The molecule has 0 amide bonds. The van der Waals surface area contributed by atoms with Gasteiger partial charge in [0.1, 0.15) is 0 Å². The van der Waals surface area contributed by atoms with Gasteiger partial charge in [-0.25, -0.2) is 0 Å². The molecule has 0 unspecified atom stereocenters. The molecule has 0 fully saturated rings. The van der Waals surface area contributed by atoms with Crippen molar-refractivity contribution in [3.05, 3.63) is 48.0 Å². The van der Waals surface area contributed by atoms with Gasteiger partial charge in [0.15, 0.2) is 0 Å². The normalized spacial score (nSPS) is 8.79. The molecule has 0 saturated carbocycles. The van der Waals surface area contributed by atoms with E-state index in [4.69, 9.17) is 0 Å². The Hall–Kier alpha value is -1.04. The predicted molar refractivity (Wildman–Crippen MR) is 65.5 cm³/mol. The Labute approximate surface area is 88.7 Å². The third-order valence-electron chi connectivity index (χ3n) is 1.91. The van der Waals surface area contributed by atoms with Crippen LogP contribution in [0.1, 0.15) is 39.2 Å². The van der Waals surface area contributed by atoms with Gasteiger partial charge >= 0.3 is 0 Å². The van der Waals surface area contributed by atoms with Crippen molar-refractivity contribution in [3.63, 3.8) is 0 Å². The Morgan fingerprint density at radius 1 is 1.14 bits per heavy atom. The third kappa shape index (κ3) is 6.47. The van der Waals surface area contributed by atoms with Crippen molar-refractivity contribution in [2.24, 2.45) is 0 Å². The van der Waals surface area contributed by atoms with Gasteiger partial charge in [0.05, 0.1) is 0 Å². The Morgan fingerprint density at radius 2 is 1.71 bits per heavy atom. The van der Waals surface area contributed by atoms with E-state index in [1.165, 1.54) is 24.0 Å². The molecule has 78 valence electrons. The Morgan fingerprint density at radius 3 is 2.21 bits per heavy atom. The third-order valence-corrected chi connectivity index (χ3v) is 1.91. The maximum atomic E-state index is 3.89. The molecule has 1 rings (SSSR count). The van der Waals surface area contributed by atoms with Gasteiger partial charge in [-0.05, 0) is 31.7 Å². The van der Waals surface area contributed by atoms with Crippen molar-refractivity contribution in [1.29, 1.82) is 0 Å². The van der Waals surface area contributed by atoms with Gasteiger partial charge in [-0.3, -0.25) is 0 Å². The number of allylic oxidation sites excluding steroid dienone is 1. The lowest BCUT2D eigenvalue weighted by Crippen LogP contribution is -1.84. The van der Waals surface area contributed by atoms with Crippen LogP contribution in [0, 0.1) is 0 Å². The summed E-state index contributed by atoms with van der Waals surface area (Å²) >= 11 is 0. The maximum absolute atomic E-state index is 3.89. The van der Waals surface area contributed by atoms with E-state index in [1.54, 1.807) is 0 Å². The van der Waals surface area contributed by atoms with Crippen LogP contribution < -0.4 is 0 Å². The van der Waals surface area contributed by atoms with Crippen molar-refractivity contribution in [2.45, 2.75) is 40.0 Å². The second-order valence-electron chi connectivity index (χ2n) is 3.30. The molecule has 0 aromatic heterocycles. The second kappa shape index (κ2) is 8.55. The zero-order valence-electron chi connectivity index (χ0n) is 9.72. The van der Waals surface area contributed by atoms with Gasteiger partial charge < -0.3 is 0 Å². The van der Waals surface area contributed by atoms with Crippen molar-refractivity contribution in [3.8, 4) is 0 Å². The summed E-state index contributed by atoms with van der Waals surface area (Å²) in [5.41, 5.74) is 2.71. The first-order valence-electron chi connectivity index (χ1n) is 5.47. The molecule has 1 aromatic carbocycles. The standard InChI is InChI=1S/C12H16.C2H6/c1-11(2)7-6-10-12-8-4-3-5-9-12;1-2/h3-5,8-9H,1,6-7,10H2,2H3;1-2H3. The lowest BCUT2D eigenvalue weighted by atomic mass is 10.1. The molecule has 14 heavy (non-hydrogen) atoms. The van der Waals surface area contributed by atoms with E-state index in [-0.39, 0.29) is 0 Å². The van der Waals surface area contributed by atoms with Crippen LogP contribution in [-0.2, 0) is 6.42 Å². The van der Waals surface area contributed by atoms with E-state index >= 15 is 0 Å². The number of hydrogen-bond acceptors (Lipinski definition) is 0. The molecule has 0 aliphatic rings. The first-order valence-corrected chi connectivity index (χ1v) is 5.47. The van der Waals surface area contributed by atoms with E-state index in [0.29, 0.717) is 0 Å². The number of benzene rings is 1. The fourth-order valence-electron chi connectivity index (χ4n) is 1.24. The highest BCUT2D eigenvalue weighted by molar-refractivity contribution is 5.14. The van der Waals surface area contributed by atoms with Gasteiger partial charge in [-0.2, -0.15) is 0 Å². The molecule has 0 spiro atoms. The fourth-order valence-corrected chi connectivity index (χ4v) is 1.24. The van der Waals surface area contributed by atoms with Crippen LogP contribution in [-0.4, -0.2) is 0 Å². The topological polar surface area (TPSA) is 0 Å². The summed E-state index contributed by atoms with van der Waals surface area (Å²) in [5, 5.41) is 0. The number of rotatable bonds is 4. The van der Waals surface area contributed by atoms with Crippen molar-refractivity contribution < 1.29 is 0 Å². The summed E-state index contributed by atoms with van der Waals surface area (Å²) in [6.07, 6.45) is 3.54. The van der Waals surface area contributed by atoms with E-state index < -0.39 is 0 Å². The molecule has 0 radical (unpaired) electrons. The lowest BCUT2D eigenvalue weighted by molar-refractivity contribution is 0.814. The van der Waals surface area contributed by atoms with E-state index in [0.717, 1.165) is 6.42 Å². The lowest BCUT2D eigenvalue weighted by Gasteiger charge is -2.00. The second-order valence-corrected chi connectivity index (χ2v) is 3.30. The highest BCUT2D eigenvalue weighted by Gasteiger charge is 1.91. The van der Waals surface area contributed by atoms with Gasteiger partial charge in [-0.15, -0.1) is 6.58 Å². The van der Waals surface area contributed by atoms with Gasteiger partial charge in [0.25, 0.3) is 0 Å². The summed E-state index contributed by atoms with van der Waals surface area (Å²) in [7, 11) is 0. The van der Waals surface area contributed by atoms with Crippen LogP contribution in [0.2, 0.25) is 0 Å². The Kier molecular flexibility index (Phi) is 7.92. The van der Waals surface area contributed by atoms with Crippen molar-refractivity contribution in [2.75, 3.05) is 0 Å². The van der Waals surface area contributed by atoms with Gasteiger partial charge in [0, 0.05) is 0 Å². The molecule has 0 heteroatoms. The summed E-state index contributed by atoms with van der Waals surface area (Å²) < 4.78 is 0. The molecule has 0 atom stereocenters. The van der Waals surface area contributed by atoms with Crippen molar-refractivity contribution >= 4 is 0 Å². The summed E-state index contributed by atoms with van der Waals surface area (Å²) in [6, 6.07) is 10.6. The predicted octanol–water partition coefficient (Wildman–Crippen LogP) is 4.61. The molecule has 0 saturated heterocycles. The minimum Gasteiger partial charge on any atom is -0.100 e. The highest BCUT2D eigenvalue weighted by atomic mass is 14.0. The van der Waals surface area contributed by atoms with E-state index in [1.807, 2.05) is 13.8 Å². The fraction of sp³-hybridized carbons (Fsp3) is 0.429. The molecule has 0 aliphatic heterocycles. The molecule has 0 aliphatic carbocycles. The first-order chi connectivity index (χ1) is 6.79. The first kappa shape index (κ1) is 13.0. The summed E-state index contributed by atoms with van der Waals surface area (Å²) in [5.74, 6) is 0. The minimum atomic E-state index is 1.15. The highest BCUT2D eigenvalue weighted by Crippen LogP contribution is 2.07. The minimum absolute atomic E-state index is 1.15. The van der Waals surface area contributed by atoms with E-state index in [2.05, 4.69) is 43.8 Å². The zero-order valence-corrected chi connectivity index (χ0v) is 9.72. The summed E-state index contributed by atoms with van der Waals surface area (Å²) in [4.78, 5) is 0. The van der Waals surface area contributed by atoms with Crippen molar-refractivity contribution in [1.82, 2.24) is 0 Å². The van der Waals surface area contributed by atoms with Crippen LogP contribution in [0.3, 0.4) is 0 Å². The van der Waals surface area contributed by atoms with Crippen LogP contribution in [0.5, 0.6) is 0 Å². The zero-order chi connectivity index (χ0) is 10.8. The average molecular weight is 190 g/mol. The molecule has 0 heterocycles. The monoisotopic (exact) mass is 190 g/mol.